The number of anilines is 1. The first kappa shape index (κ1) is 23.8. The van der Waals surface area contributed by atoms with E-state index in [9.17, 15) is 9.59 Å². The number of benzene rings is 1. The number of likely N-dealkylation sites (tertiary alicyclic amines) is 1. The van der Waals surface area contributed by atoms with Crippen LogP contribution in [-0.2, 0) is 14.3 Å². The summed E-state index contributed by atoms with van der Waals surface area (Å²) in [5.74, 6) is 1.33. The Morgan fingerprint density at radius 2 is 1.80 bits per heavy atom. The molecule has 0 bridgehead atoms. The zero-order valence-corrected chi connectivity index (χ0v) is 18.7. The molecule has 2 amide bonds. The van der Waals surface area contributed by atoms with E-state index in [0.717, 1.165) is 12.8 Å². The molecule has 1 aliphatic heterocycles. The molecule has 1 fully saturated rings. The molecule has 1 aromatic carbocycles. The predicted molar refractivity (Wildman–Crippen MR) is 114 cm³/mol. The van der Waals surface area contributed by atoms with Crippen LogP contribution in [0.1, 0.15) is 40.0 Å². The Balaban J connectivity index is 1.83. The van der Waals surface area contributed by atoms with Crippen molar-refractivity contribution in [3.8, 4) is 11.5 Å². The van der Waals surface area contributed by atoms with Crippen molar-refractivity contribution in [3.05, 3.63) is 18.2 Å². The van der Waals surface area contributed by atoms with E-state index in [1.807, 2.05) is 20.8 Å². The van der Waals surface area contributed by atoms with E-state index in [1.54, 1.807) is 37.3 Å². The fourth-order valence-corrected chi connectivity index (χ4v) is 3.22. The highest BCUT2D eigenvalue weighted by atomic mass is 16.6. The average molecular weight is 423 g/mol. The van der Waals surface area contributed by atoms with Crippen LogP contribution in [0.15, 0.2) is 18.2 Å². The van der Waals surface area contributed by atoms with Crippen molar-refractivity contribution in [2.75, 3.05) is 45.8 Å². The highest BCUT2D eigenvalue weighted by molar-refractivity contribution is 5.91. The highest BCUT2D eigenvalue weighted by Gasteiger charge is 2.27. The van der Waals surface area contributed by atoms with Gasteiger partial charge in [0.15, 0.2) is 11.5 Å². The summed E-state index contributed by atoms with van der Waals surface area (Å²) in [5.41, 5.74) is 0.151. The molecule has 0 spiro atoms. The summed E-state index contributed by atoms with van der Waals surface area (Å²) in [4.78, 5) is 26.4. The van der Waals surface area contributed by atoms with Gasteiger partial charge in [-0.2, -0.15) is 0 Å². The van der Waals surface area contributed by atoms with Crippen LogP contribution in [-0.4, -0.2) is 63.0 Å². The molecule has 168 valence electrons. The topological polar surface area (TPSA) is 86.3 Å². The van der Waals surface area contributed by atoms with E-state index >= 15 is 0 Å². The molecule has 0 aliphatic carbocycles. The van der Waals surface area contributed by atoms with E-state index in [-0.39, 0.29) is 17.9 Å². The second kappa shape index (κ2) is 11.1. The number of ether oxygens (including phenoxy) is 4. The summed E-state index contributed by atoms with van der Waals surface area (Å²) >= 11 is 0. The molecule has 1 heterocycles. The predicted octanol–water partition coefficient (Wildman–Crippen LogP) is 3.70. The number of hydrogen-bond donors (Lipinski definition) is 1. The van der Waals surface area contributed by atoms with E-state index in [4.69, 9.17) is 18.9 Å². The van der Waals surface area contributed by atoms with Crippen molar-refractivity contribution in [2.24, 2.45) is 5.92 Å². The van der Waals surface area contributed by atoms with E-state index in [2.05, 4.69) is 5.32 Å². The fraction of sp³-hybridized carbons (Fsp3) is 0.636. The van der Waals surface area contributed by atoms with Crippen LogP contribution < -0.4 is 14.8 Å². The number of nitrogens with zero attached hydrogens (tertiary/aromatic N) is 1. The molecule has 0 atom stereocenters. The average Bonchev–Trinajstić information content (AvgIpc) is 2.67. The van der Waals surface area contributed by atoms with Crippen LogP contribution in [0.2, 0.25) is 0 Å². The van der Waals surface area contributed by atoms with E-state index < -0.39 is 5.60 Å². The summed E-state index contributed by atoms with van der Waals surface area (Å²) in [6, 6.07) is 5.29. The summed E-state index contributed by atoms with van der Waals surface area (Å²) in [7, 11) is 3.18. The molecule has 0 aromatic heterocycles. The first-order chi connectivity index (χ1) is 14.2. The van der Waals surface area contributed by atoms with Crippen LogP contribution in [0.25, 0.3) is 0 Å². The molecular weight excluding hydrogens is 388 g/mol. The maximum atomic E-state index is 12.5. The van der Waals surface area contributed by atoms with Gasteiger partial charge in [0.05, 0.1) is 13.7 Å². The lowest BCUT2D eigenvalue weighted by Crippen LogP contribution is -2.42. The van der Waals surface area contributed by atoms with Crippen molar-refractivity contribution in [3.63, 3.8) is 0 Å². The summed E-state index contributed by atoms with van der Waals surface area (Å²) < 4.78 is 21.4. The van der Waals surface area contributed by atoms with Crippen LogP contribution in [0.4, 0.5) is 10.5 Å². The molecule has 0 radical (unpaired) electrons. The van der Waals surface area contributed by atoms with Gasteiger partial charge in [-0.15, -0.1) is 0 Å². The third-order valence-electron chi connectivity index (χ3n) is 4.73. The number of piperidine rings is 1. The molecule has 1 N–H and O–H groups in total. The Labute approximate surface area is 178 Å². The summed E-state index contributed by atoms with van der Waals surface area (Å²) in [6.07, 6.45) is 1.68. The molecule has 0 saturated carbocycles. The van der Waals surface area contributed by atoms with Crippen molar-refractivity contribution in [1.29, 1.82) is 0 Å². The maximum Gasteiger partial charge on any atom is 0.410 e. The minimum Gasteiger partial charge on any atom is -0.493 e. The van der Waals surface area contributed by atoms with Gasteiger partial charge in [0.1, 0.15) is 12.2 Å². The Bertz CT molecular complexity index is 708. The summed E-state index contributed by atoms with van der Waals surface area (Å²) in [6.45, 7) is 7.63. The molecular formula is C22H34N2O6. The van der Waals surface area contributed by atoms with Gasteiger partial charge < -0.3 is 29.2 Å². The zero-order valence-electron chi connectivity index (χ0n) is 18.7. The third kappa shape index (κ3) is 7.74. The second-order valence-electron chi connectivity index (χ2n) is 8.37. The lowest BCUT2D eigenvalue weighted by atomic mass is 9.93. The van der Waals surface area contributed by atoms with Gasteiger partial charge in [0.2, 0.25) is 5.91 Å². The molecule has 1 aromatic rings. The van der Waals surface area contributed by atoms with Crippen LogP contribution in [0.3, 0.4) is 0 Å². The second-order valence-corrected chi connectivity index (χ2v) is 8.37. The zero-order chi connectivity index (χ0) is 22.1. The number of carbonyl (C=O) groups is 2. The Morgan fingerprint density at radius 3 is 2.40 bits per heavy atom. The monoisotopic (exact) mass is 422 g/mol. The van der Waals surface area contributed by atoms with Gasteiger partial charge in [-0.3, -0.25) is 4.79 Å². The molecule has 1 saturated heterocycles. The Hall–Kier alpha value is -2.48. The maximum absolute atomic E-state index is 12.5. The number of nitrogens with one attached hydrogen (secondary N) is 1. The van der Waals surface area contributed by atoms with Gasteiger partial charge in [0, 0.05) is 38.4 Å². The third-order valence-corrected chi connectivity index (χ3v) is 4.73. The normalized spacial score (nSPS) is 14.9. The highest BCUT2D eigenvalue weighted by Crippen LogP contribution is 2.30. The minimum absolute atomic E-state index is 0.0567. The standard InChI is InChI=1S/C22H34N2O6/c1-22(2,3)30-21(26)24-10-8-16(9-11-24)14-20(25)23-17-6-7-18(28-5)19(15-17)29-13-12-27-4/h6-7,15-16H,8-14H2,1-5H3,(H,23,25). The Morgan fingerprint density at radius 1 is 1.10 bits per heavy atom. The number of amides is 2. The van der Waals surface area contributed by atoms with E-state index in [0.29, 0.717) is 49.9 Å². The SMILES string of the molecule is COCCOc1cc(NC(=O)CC2CCN(C(=O)OC(C)(C)C)CC2)ccc1OC. The molecule has 1 aliphatic rings. The molecule has 2 rings (SSSR count). The quantitative estimate of drug-likeness (QED) is 0.643. The van der Waals surface area contributed by atoms with Crippen LogP contribution in [0, 0.1) is 5.92 Å². The number of carbonyl (C=O) groups excluding carboxylic acids is 2. The Kier molecular flexibility index (Phi) is 8.77. The van der Waals surface area contributed by atoms with Crippen molar-refractivity contribution >= 4 is 17.7 Å². The summed E-state index contributed by atoms with van der Waals surface area (Å²) in [5, 5.41) is 2.93. The van der Waals surface area contributed by atoms with Gasteiger partial charge in [-0.1, -0.05) is 0 Å². The first-order valence-electron chi connectivity index (χ1n) is 10.3. The van der Waals surface area contributed by atoms with Crippen LogP contribution >= 0.6 is 0 Å². The lowest BCUT2D eigenvalue weighted by Gasteiger charge is -2.33. The molecule has 8 heteroatoms. The fourth-order valence-electron chi connectivity index (χ4n) is 3.22. The van der Waals surface area contributed by atoms with Gasteiger partial charge in [-0.05, 0) is 51.7 Å². The number of hydrogen-bond acceptors (Lipinski definition) is 6. The minimum atomic E-state index is -0.502. The molecule has 30 heavy (non-hydrogen) atoms. The van der Waals surface area contributed by atoms with Gasteiger partial charge in [-0.25, -0.2) is 4.79 Å². The number of methoxy groups -OCH3 is 2. The molecule has 0 unspecified atom stereocenters. The van der Waals surface area contributed by atoms with Crippen LogP contribution in [0.5, 0.6) is 11.5 Å². The van der Waals surface area contributed by atoms with Gasteiger partial charge in [0.25, 0.3) is 0 Å². The first-order valence-corrected chi connectivity index (χ1v) is 10.3. The smallest absolute Gasteiger partial charge is 0.410 e. The van der Waals surface area contributed by atoms with Crippen molar-refractivity contribution in [2.45, 2.75) is 45.6 Å². The van der Waals surface area contributed by atoms with Crippen molar-refractivity contribution < 1.29 is 28.5 Å². The van der Waals surface area contributed by atoms with Gasteiger partial charge >= 0.3 is 6.09 Å². The van der Waals surface area contributed by atoms with Crippen molar-refractivity contribution in [1.82, 2.24) is 4.90 Å². The number of rotatable bonds is 8. The largest absolute Gasteiger partial charge is 0.493 e. The molecule has 8 nitrogen and oxygen atoms in total. The lowest BCUT2D eigenvalue weighted by molar-refractivity contribution is -0.117. The van der Waals surface area contributed by atoms with E-state index in [1.165, 1.54) is 0 Å².